The van der Waals surface area contributed by atoms with Crippen molar-refractivity contribution in [2.75, 3.05) is 0 Å². The molecule has 0 fully saturated rings. The predicted molar refractivity (Wildman–Crippen MR) is 74.0 cm³/mol. The van der Waals surface area contributed by atoms with Gasteiger partial charge in [-0.1, -0.05) is 42.0 Å². The van der Waals surface area contributed by atoms with E-state index in [9.17, 15) is 0 Å². The lowest BCUT2D eigenvalue weighted by molar-refractivity contribution is 1.07. The van der Waals surface area contributed by atoms with Gasteiger partial charge in [0.2, 0.25) is 0 Å². The molecule has 0 aliphatic rings. The zero-order valence-corrected chi connectivity index (χ0v) is 10.7. The lowest BCUT2D eigenvalue weighted by atomic mass is 9.92. The van der Waals surface area contributed by atoms with Crippen LogP contribution in [0.3, 0.4) is 0 Å². The Labute approximate surface area is 103 Å². The van der Waals surface area contributed by atoms with Gasteiger partial charge in [-0.05, 0) is 48.6 Å². The Morgan fingerprint density at radius 2 is 1.71 bits per heavy atom. The molecule has 88 valence electrons. The summed E-state index contributed by atoms with van der Waals surface area (Å²) in [5, 5.41) is 0. The monoisotopic (exact) mass is 225 g/mol. The molecule has 0 heterocycles. The number of rotatable bonds is 2. The second-order valence-corrected chi connectivity index (χ2v) is 4.61. The van der Waals surface area contributed by atoms with Gasteiger partial charge in [0.25, 0.3) is 0 Å². The fourth-order valence-electron chi connectivity index (χ4n) is 2.16. The summed E-state index contributed by atoms with van der Waals surface area (Å²) < 4.78 is 0. The van der Waals surface area contributed by atoms with Gasteiger partial charge < -0.3 is 5.73 Å². The molecule has 17 heavy (non-hydrogen) atoms. The van der Waals surface area contributed by atoms with E-state index in [0.29, 0.717) is 6.54 Å². The normalized spacial score (nSPS) is 10.6. The Morgan fingerprint density at radius 3 is 2.41 bits per heavy atom. The molecular formula is C16H19N. The van der Waals surface area contributed by atoms with E-state index < -0.39 is 0 Å². The molecule has 0 aromatic heterocycles. The maximum absolute atomic E-state index is 5.83. The number of aryl methyl sites for hydroxylation is 2. The van der Waals surface area contributed by atoms with Crippen molar-refractivity contribution in [2.24, 2.45) is 5.73 Å². The van der Waals surface area contributed by atoms with Crippen molar-refractivity contribution in [3.05, 3.63) is 58.7 Å². The van der Waals surface area contributed by atoms with Crippen LogP contribution in [0.5, 0.6) is 0 Å². The molecule has 0 atom stereocenters. The second kappa shape index (κ2) is 4.72. The summed E-state index contributed by atoms with van der Waals surface area (Å²) >= 11 is 0. The molecule has 2 aromatic rings. The van der Waals surface area contributed by atoms with Crippen LogP contribution in [0.15, 0.2) is 36.4 Å². The molecule has 1 nitrogen and oxygen atoms in total. The van der Waals surface area contributed by atoms with Crippen LogP contribution >= 0.6 is 0 Å². The van der Waals surface area contributed by atoms with Crippen LogP contribution < -0.4 is 5.73 Å². The van der Waals surface area contributed by atoms with Gasteiger partial charge in [-0.3, -0.25) is 0 Å². The van der Waals surface area contributed by atoms with Crippen LogP contribution in [-0.4, -0.2) is 0 Å². The first-order chi connectivity index (χ1) is 8.13. The summed E-state index contributed by atoms with van der Waals surface area (Å²) in [5.41, 5.74) is 13.6. The predicted octanol–water partition coefficient (Wildman–Crippen LogP) is 3.74. The van der Waals surface area contributed by atoms with Crippen molar-refractivity contribution >= 4 is 0 Å². The molecule has 0 saturated heterocycles. The number of benzene rings is 2. The van der Waals surface area contributed by atoms with E-state index in [1.165, 1.54) is 33.4 Å². The van der Waals surface area contributed by atoms with Gasteiger partial charge in [0.15, 0.2) is 0 Å². The van der Waals surface area contributed by atoms with E-state index in [-0.39, 0.29) is 0 Å². The Hall–Kier alpha value is -1.60. The molecular weight excluding hydrogens is 206 g/mol. The van der Waals surface area contributed by atoms with Crippen molar-refractivity contribution < 1.29 is 0 Å². The highest BCUT2D eigenvalue weighted by Crippen LogP contribution is 2.29. The van der Waals surface area contributed by atoms with E-state index >= 15 is 0 Å². The summed E-state index contributed by atoms with van der Waals surface area (Å²) in [4.78, 5) is 0. The van der Waals surface area contributed by atoms with Crippen LogP contribution in [0.1, 0.15) is 22.3 Å². The molecule has 0 saturated carbocycles. The van der Waals surface area contributed by atoms with Gasteiger partial charge >= 0.3 is 0 Å². The van der Waals surface area contributed by atoms with Crippen molar-refractivity contribution in [1.29, 1.82) is 0 Å². The molecule has 0 spiro atoms. The summed E-state index contributed by atoms with van der Waals surface area (Å²) in [5.74, 6) is 0. The average Bonchev–Trinajstić information content (AvgIpc) is 2.33. The van der Waals surface area contributed by atoms with Gasteiger partial charge in [0.1, 0.15) is 0 Å². The number of hydrogen-bond donors (Lipinski definition) is 1. The third kappa shape index (κ3) is 2.25. The van der Waals surface area contributed by atoms with Crippen LogP contribution in [0.4, 0.5) is 0 Å². The fourth-order valence-corrected chi connectivity index (χ4v) is 2.16. The first-order valence-electron chi connectivity index (χ1n) is 5.99. The van der Waals surface area contributed by atoms with E-state index in [2.05, 4.69) is 57.2 Å². The second-order valence-electron chi connectivity index (χ2n) is 4.61. The fraction of sp³-hybridized carbons (Fsp3) is 0.250. The lowest BCUT2D eigenvalue weighted by Gasteiger charge is -2.13. The van der Waals surface area contributed by atoms with E-state index in [1.807, 2.05) is 0 Å². The van der Waals surface area contributed by atoms with Crippen molar-refractivity contribution in [1.82, 2.24) is 0 Å². The van der Waals surface area contributed by atoms with Crippen molar-refractivity contribution in [3.8, 4) is 11.1 Å². The maximum atomic E-state index is 5.83. The third-order valence-electron chi connectivity index (χ3n) is 3.38. The highest BCUT2D eigenvalue weighted by molar-refractivity contribution is 5.72. The summed E-state index contributed by atoms with van der Waals surface area (Å²) in [6.07, 6.45) is 0. The molecule has 2 aromatic carbocycles. The van der Waals surface area contributed by atoms with E-state index in [4.69, 9.17) is 5.73 Å². The topological polar surface area (TPSA) is 26.0 Å². The van der Waals surface area contributed by atoms with Crippen molar-refractivity contribution in [3.63, 3.8) is 0 Å². The standard InChI is InChI=1S/C16H19N/c1-11-7-8-14(10-17)16(9-11)15-6-4-5-12(2)13(15)3/h4-9H,10,17H2,1-3H3. The van der Waals surface area contributed by atoms with Crippen LogP contribution in [0.25, 0.3) is 11.1 Å². The largest absolute Gasteiger partial charge is 0.326 e. The SMILES string of the molecule is Cc1ccc(CN)c(-c2cccc(C)c2C)c1. The highest BCUT2D eigenvalue weighted by Gasteiger charge is 2.08. The van der Waals surface area contributed by atoms with Gasteiger partial charge in [-0.15, -0.1) is 0 Å². The Balaban J connectivity index is 2.67. The summed E-state index contributed by atoms with van der Waals surface area (Å²) in [6.45, 7) is 7.03. The molecule has 0 radical (unpaired) electrons. The Kier molecular flexibility index (Phi) is 3.30. The maximum Gasteiger partial charge on any atom is 0.0184 e. The first kappa shape index (κ1) is 11.9. The minimum atomic E-state index is 0.586. The molecule has 2 N–H and O–H groups in total. The van der Waals surface area contributed by atoms with E-state index in [1.54, 1.807) is 0 Å². The third-order valence-corrected chi connectivity index (χ3v) is 3.38. The Morgan fingerprint density at radius 1 is 0.941 bits per heavy atom. The van der Waals surface area contributed by atoms with Gasteiger partial charge in [-0.25, -0.2) is 0 Å². The quantitative estimate of drug-likeness (QED) is 0.828. The Bertz CT molecular complexity index is 541. The van der Waals surface area contributed by atoms with Gasteiger partial charge in [0, 0.05) is 6.54 Å². The molecule has 1 heteroatoms. The smallest absolute Gasteiger partial charge is 0.0184 e. The summed E-state index contributed by atoms with van der Waals surface area (Å²) in [6, 6.07) is 12.9. The molecule has 0 aliphatic carbocycles. The van der Waals surface area contributed by atoms with E-state index in [0.717, 1.165) is 0 Å². The zero-order chi connectivity index (χ0) is 12.4. The van der Waals surface area contributed by atoms with Crippen molar-refractivity contribution in [2.45, 2.75) is 27.3 Å². The minimum absolute atomic E-state index is 0.586. The molecule has 0 unspecified atom stereocenters. The number of hydrogen-bond acceptors (Lipinski definition) is 1. The lowest BCUT2D eigenvalue weighted by Crippen LogP contribution is -2.00. The average molecular weight is 225 g/mol. The molecule has 0 aliphatic heterocycles. The van der Waals surface area contributed by atoms with Crippen LogP contribution in [-0.2, 0) is 6.54 Å². The first-order valence-corrected chi connectivity index (χ1v) is 5.99. The minimum Gasteiger partial charge on any atom is -0.326 e. The van der Waals surface area contributed by atoms with Crippen LogP contribution in [0.2, 0.25) is 0 Å². The van der Waals surface area contributed by atoms with Gasteiger partial charge in [0.05, 0.1) is 0 Å². The summed E-state index contributed by atoms with van der Waals surface area (Å²) in [7, 11) is 0. The van der Waals surface area contributed by atoms with Crippen LogP contribution in [0, 0.1) is 20.8 Å². The molecule has 2 rings (SSSR count). The molecule has 0 bridgehead atoms. The number of nitrogens with two attached hydrogens (primary N) is 1. The zero-order valence-electron chi connectivity index (χ0n) is 10.7. The van der Waals surface area contributed by atoms with Gasteiger partial charge in [-0.2, -0.15) is 0 Å². The highest BCUT2D eigenvalue weighted by atomic mass is 14.5. The molecule has 0 amide bonds.